The molecule has 0 aliphatic rings. The van der Waals surface area contributed by atoms with Crippen LogP contribution in [0.4, 0.5) is 10.1 Å². The van der Waals surface area contributed by atoms with Gasteiger partial charge in [-0.3, -0.25) is 14.3 Å². The Balaban J connectivity index is 1.83. The van der Waals surface area contributed by atoms with Gasteiger partial charge in [0.25, 0.3) is 5.91 Å². The number of hydrogen-bond acceptors (Lipinski definition) is 4. The van der Waals surface area contributed by atoms with Crippen molar-refractivity contribution in [3.63, 3.8) is 0 Å². The molecule has 0 aliphatic carbocycles. The average molecular weight is 409 g/mol. The third kappa shape index (κ3) is 4.40. The number of ether oxygens (including phenoxy) is 1. The first-order chi connectivity index (χ1) is 14.1. The Bertz CT molecular complexity index is 1110. The van der Waals surface area contributed by atoms with Gasteiger partial charge < -0.3 is 10.1 Å². The van der Waals surface area contributed by atoms with Gasteiger partial charge in [-0.05, 0) is 30.3 Å². The quantitative estimate of drug-likeness (QED) is 0.636. The smallest absolute Gasteiger partial charge is 0.273 e. The summed E-state index contributed by atoms with van der Waals surface area (Å²) in [5.74, 6) is -1.17. The van der Waals surface area contributed by atoms with Crippen LogP contribution in [0.25, 0.3) is 0 Å². The molecule has 0 spiro atoms. The van der Waals surface area contributed by atoms with Crippen molar-refractivity contribution in [1.82, 2.24) is 9.78 Å². The molecular formula is C23H24FN3O3. The lowest BCUT2D eigenvalue weighted by Gasteiger charge is -2.13. The number of carbonyl (C=O) groups is 2. The topological polar surface area (TPSA) is 73.2 Å². The summed E-state index contributed by atoms with van der Waals surface area (Å²) in [6.45, 7) is 6.05. The third-order valence-electron chi connectivity index (χ3n) is 4.68. The molecule has 1 heterocycles. The maximum absolute atomic E-state index is 14.3. The van der Waals surface area contributed by atoms with E-state index in [-0.39, 0.29) is 22.4 Å². The number of aromatic nitrogens is 2. The van der Waals surface area contributed by atoms with Crippen LogP contribution in [-0.4, -0.2) is 28.6 Å². The first-order valence-electron chi connectivity index (χ1n) is 9.44. The molecule has 1 N–H and O–H groups in total. The minimum absolute atomic E-state index is 0.0688. The highest BCUT2D eigenvalue weighted by atomic mass is 19.1. The van der Waals surface area contributed by atoms with Gasteiger partial charge >= 0.3 is 0 Å². The highest BCUT2D eigenvalue weighted by Gasteiger charge is 2.22. The molecule has 3 rings (SSSR count). The second-order valence-corrected chi connectivity index (χ2v) is 8.00. The van der Waals surface area contributed by atoms with E-state index in [9.17, 15) is 14.0 Å². The number of methoxy groups -OCH3 is 1. The molecule has 2 aromatic carbocycles. The molecule has 3 aromatic rings. The molecule has 30 heavy (non-hydrogen) atoms. The molecule has 1 amide bonds. The summed E-state index contributed by atoms with van der Waals surface area (Å²) in [7, 11) is 3.13. The van der Waals surface area contributed by atoms with Crippen molar-refractivity contribution in [2.45, 2.75) is 26.2 Å². The third-order valence-corrected chi connectivity index (χ3v) is 4.68. The van der Waals surface area contributed by atoms with E-state index in [0.717, 1.165) is 11.8 Å². The standard InChI is InChI=1S/C23H24FN3O3/c1-23(2,3)20-13-19(27(4)26-20)22(29)25-15-8-6-7-14(11-15)21(28)17-10-9-16(30-5)12-18(17)24/h6-13H,1-5H3,(H,25,29). The summed E-state index contributed by atoms with van der Waals surface area (Å²) in [4.78, 5) is 25.5. The Morgan fingerprint density at radius 1 is 1.10 bits per heavy atom. The number of anilines is 1. The van der Waals surface area contributed by atoms with Gasteiger partial charge in [0.05, 0.1) is 18.4 Å². The number of halogens is 1. The Kier molecular flexibility index (Phi) is 5.73. The van der Waals surface area contributed by atoms with Gasteiger partial charge in [0.15, 0.2) is 5.78 Å². The van der Waals surface area contributed by atoms with Crippen molar-refractivity contribution in [1.29, 1.82) is 0 Å². The monoisotopic (exact) mass is 409 g/mol. The molecule has 156 valence electrons. The molecule has 0 saturated heterocycles. The van der Waals surface area contributed by atoms with E-state index in [1.807, 2.05) is 20.8 Å². The highest BCUT2D eigenvalue weighted by Crippen LogP contribution is 2.23. The summed E-state index contributed by atoms with van der Waals surface area (Å²) in [5.41, 5.74) is 1.63. The Morgan fingerprint density at radius 3 is 2.43 bits per heavy atom. The number of nitrogens with one attached hydrogen (secondary N) is 1. The Morgan fingerprint density at radius 2 is 1.83 bits per heavy atom. The lowest BCUT2D eigenvalue weighted by molar-refractivity contribution is 0.101. The zero-order chi connectivity index (χ0) is 22.1. The van der Waals surface area contributed by atoms with E-state index in [1.54, 1.807) is 31.3 Å². The molecule has 0 unspecified atom stereocenters. The minimum atomic E-state index is -0.668. The fourth-order valence-corrected chi connectivity index (χ4v) is 2.94. The summed E-state index contributed by atoms with van der Waals surface area (Å²) >= 11 is 0. The number of ketones is 1. The fraction of sp³-hybridized carbons (Fsp3) is 0.261. The molecule has 0 radical (unpaired) electrons. The van der Waals surface area contributed by atoms with Crippen LogP contribution in [0, 0.1) is 5.82 Å². The van der Waals surface area contributed by atoms with Crippen LogP contribution in [0.1, 0.15) is 52.9 Å². The fourth-order valence-electron chi connectivity index (χ4n) is 2.94. The van der Waals surface area contributed by atoms with Crippen molar-refractivity contribution in [2.75, 3.05) is 12.4 Å². The second-order valence-electron chi connectivity index (χ2n) is 8.00. The SMILES string of the molecule is COc1ccc(C(=O)c2cccc(NC(=O)c3cc(C(C)(C)C)nn3C)c2)c(F)c1. The van der Waals surface area contributed by atoms with Gasteiger partial charge in [-0.1, -0.05) is 32.9 Å². The van der Waals surface area contributed by atoms with E-state index in [2.05, 4.69) is 10.4 Å². The maximum atomic E-state index is 14.3. The van der Waals surface area contributed by atoms with Crippen LogP contribution in [0.5, 0.6) is 5.75 Å². The van der Waals surface area contributed by atoms with Crippen LogP contribution in [0.15, 0.2) is 48.5 Å². The number of benzene rings is 2. The van der Waals surface area contributed by atoms with Gasteiger partial charge in [-0.25, -0.2) is 4.39 Å². The van der Waals surface area contributed by atoms with Gasteiger partial charge in [0.2, 0.25) is 0 Å². The lowest BCUT2D eigenvalue weighted by atomic mass is 9.92. The second kappa shape index (κ2) is 8.10. The lowest BCUT2D eigenvalue weighted by Crippen LogP contribution is -2.16. The minimum Gasteiger partial charge on any atom is -0.497 e. The maximum Gasteiger partial charge on any atom is 0.273 e. The molecule has 0 aliphatic heterocycles. The molecular weight excluding hydrogens is 385 g/mol. The molecule has 6 nitrogen and oxygen atoms in total. The normalized spacial score (nSPS) is 11.3. The number of rotatable bonds is 5. The first kappa shape index (κ1) is 21.2. The predicted molar refractivity (Wildman–Crippen MR) is 113 cm³/mol. The van der Waals surface area contributed by atoms with Crippen molar-refractivity contribution >= 4 is 17.4 Å². The predicted octanol–water partition coefficient (Wildman–Crippen LogP) is 4.35. The molecule has 7 heteroatoms. The van der Waals surface area contributed by atoms with Crippen molar-refractivity contribution in [2.24, 2.45) is 7.05 Å². The first-order valence-corrected chi connectivity index (χ1v) is 9.44. The van der Waals surface area contributed by atoms with Crippen LogP contribution in [-0.2, 0) is 12.5 Å². The largest absolute Gasteiger partial charge is 0.497 e. The van der Waals surface area contributed by atoms with Crippen molar-refractivity contribution < 1.29 is 18.7 Å². The summed E-state index contributed by atoms with van der Waals surface area (Å²) < 4.78 is 20.8. The van der Waals surface area contributed by atoms with E-state index in [4.69, 9.17) is 4.74 Å². The number of aryl methyl sites for hydroxylation is 1. The number of hydrogen-bond donors (Lipinski definition) is 1. The molecule has 0 saturated carbocycles. The zero-order valence-corrected chi connectivity index (χ0v) is 17.6. The van der Waals surface area contributed by atoms with Gasteiger partial charge in [0, 0.05) is 29.8 Å². The Hall–Kier alpha value is -3.48. The molecule has 0 fully saturated rings. The van der Waals surface area contributed by atoms with E-state index in [0.29, 0.717) is 17.1 Å². The summed E-state index contributed by atoms with van der Waals surface area (Å²) in [5, 5.41) is 7.18. The Labute approximate surface area is 174 Å². The van der Waals surface area contributed by atoms with Gasteiger partial charge in [-0.15, -0.1) is 0 Å². The average Bonchev–Trinajstić information content (AvgIpc) is 3.10. The van der Waals surface area contributed by atoms with Crippen LogP contribution >= 0.6 is 0 Å². The summed E-state index contributed by atoms with van der Waals surface area (Å²) in [6.07, 6.45) is 0. The van der Waals surface area contributed by atoms with Gasteiger partial charge in [-0.2, -0.15) is 5.10 Å². The van der Waals surface area contributed by atoms with E-state index in [1.165, 1.54) is 30.0 Å². The van der Waals surface area contributed by atoms with Crippen LogP contribution in [0.3, 0.4) is 0 Å². The molecule has 0 atom stereocenters. The number of carbonyl (C=O) groups excluding carboxylic acids is 2. The van der Waals surface area contributed by atoms with Gasteiger partial charge in [0.1, 0.15) is 17.3 Å². The highest BCUT2D eigenvalue weighted by molar-refractivity contribution is 6.10. The van der Waals surface area contributed by atoms with E-state index < -0.39 is 11.6 Å². The summed E-state index contributed by atoms with van der Waals surface area (Å²) in [6, 6.07) is 12.2. The zero-order valence-electron chi connectivity index (χ0n) is 17.6. The number of amides is 1. The van der Waals surface area contributed by atoms with Crippen LogP contribution < -0.4 is 10.1 Å². The molecule has 0 bridgehead atoms. The van der Waals surface area contributed by atoms with Crippen LogP contribution in [0.2, 0.25) is 0 Å². The van der Waals surface area contributed by atoms with E-state index >= 15 is 0 Å². The molecule has 1 aromatic heterocycles. The number of nitrogens with zero attached hydrogens (tertiary/aromatic N) is 2. The van der Waals surface area contributed by atoms with Crippen molar-refractivity contribution in [3.05, 3.63) is 76.9 Å². The van der Waals surface area contributed by atoms with Crippen molar-refractivity contribution in [3.8, 4) is 5.75 Å².